The van der Waals surface area contributed by atoms with E-state index in [0.717, 1.165) is 0 Å². The molecule has 6 heteroatoms. The number of carboxylic acids is 1. The summed E-state index contributed by atoms with van der Waals surface area (Å²) in [5, 5.41) is 18.4. The van der Waals surface area contributed by atoms with Gasteiger partial charge in [0, 0.05) is 18.5 Å². The summed E-state index contributed by atoms with van der Waals surface area (Å²) in [5.74, 6) is -1.61. The Morgan fingerprint density at radius 1 is 1.40 bits per heavy atom. The first-order valence-electron chi connectivity index (χ1n) is 6.13. The van der Waals surface area contributed by atoms with Crippen molar-refractivity contribution in [3.8, 4) is 0 Å². The van der Waals surface area contributed by atoms with Crippen molar-refractivity contribution in [1.82, 2.24) is 9.88 Å². The number of fused-ring (bicyclic) bond motifs is 1. The van der Waals surface area contributed by atoms with Crippen molar-refractivity contribution >= 4 is 16.9 Å². The first-order chi connectivity index (χ1) is 9.51. The molecule has 2 aromatic rings. The third-order valence-electron chi connectivity index (χ3n) is 2.97. The zero-order valence-electron chi connectivity index (χ0n) is 11.0. The summed E-state index contributed by atoms with van der Waals surface area (Å²) >= 11 is 0. The molecule has 0 aliphatic heterocycles. The normalized spacial score (nSPS) is 11.2. The lowest BCUT2D eigenvalue weighted by molar-refractivity contribution is 0.0698. The molecule has 0 unspecified atom stereocenters. The lowest BCUT2D eigenvalue weighted by Crippen LogP contribution is -2.22. The number of likely N-dealkylation sites (N-methyl/N-ethyl adjacent to an activating group) is 1. The molecule has 0 radical (unpaired) electrons. The highest BCUT2D eigenvalue weighted by Crippen LogP contribution is 2.20. The summed E-state index contributed by atoms with van der Waals surface area (Å²) in [4.78, 5) is 17.4. The van der Waals surface area contributed by atoms with E-state index >= 15 is 0 Å². The maximum absolute atomic E-state index is 13.2. The Bertz CT molecular complexity index is 646. The van der Waals surface area contributed by atoms with Crippen molar-refractivity contribution < 1.29 is 19.4 Å². The number of aromatic carboxylic acids is 1. The number of hydrogen-bond donors (Lipinski definition) is 2. The van der Waals surface area contributed by atoms with Crippen LogP contribution in [0.15, 0.2) is 24.3 Å². The molecule has 0 spiro atoms. The van der Waals surface area contributed by atoms with Crippen LogP contribution in [0.2, 0.25) is 0 Å². The van der Waals surface area contributed by atoms with E-state index in [0.29, 0.717) is 24.3 Å². The van der Waals surface area contributed by atoms with E-state index in [1.54, 1.807) is 7.05 Å². The minimum Gasteiger partial charge on any atom is -0.478 e. The average Bonchev–Trinajstić information content (AvgIpc) is 2.38. The van der Waals surface area contributed by atoms with Gasteiger partial charge in [0.05, 0.1) is 23.4 Å². The SMILES string of the molecule is CN(CCO)Cc1cc(C(=O)O)c2cc(F)ccc2n1. The highest BCUT2D eigenvalue weighted by atomic mass is 19.1. The van der Waals surface area contributed by atoms with Gasteiger partial charge >= 0.3 is 5.97 Å². The number of rotatable bonds is 5. The average molecular weight is 278 g/mol. The van der Waals surface area contributed by atoms with Gasteiger partial charge in [0.15, 0.2) is 0 Å². The van der Waals surface area contributed by atoms with Gasteiger partial charge in [-0.15, -0.1) is 0 Å². The van der Waals surface area contributed by atoms with Gasteiger partial charge in [-0.1, -0.05) is 0 Å². The highest BCUT2D eigenvalue weighted by molar-refractivity contribution is 6.02. The minimum atomic E-state index is -1.12. The molecule has 2 N–H and O–H groups in total. The summed E-state index contributed by atoms with van der Waals surface area (Å²) in [5.41, 5.74) is 1.04. The topological polar surface area (TPSA) is 73.7 Å². The molecular weight excluding hydrogens is 263 g/mol. The second kappa shape index (κ2) is 5.94. The quantitative estimate of drug-likeness (QED) is 0.867. The molecule has 2 rings (SSSR count). The van der Waals surface area contributed by atoms with Crippen LogP contribution in [-0.2, 0) is 6.54 Å². The number of aliphatic hydroxyl groups is 1. The van der Waals surface area contributed by atoms with E-state index < -0.39 is 11.8 Å². The number of halogens is 1. The molecule has 0 saturated carbocycles. The maximum atomic E-state index is 13.2. The van der Waals surface area contributed by atoms with Gasteiger partial charge in [0.25, 0.3) is 0 Å². The molecule has 0 bridgehead atoms. The molecule has 0 saturated heterocycles. The number of hydrogen-bond acceptors (Lipinski definition) is 4. The Labute approximate surface area is 115 Å². The summed E-state index contributed by atoms with van der Waals surface area (Å²) in [6.07, 6.45) is 0. The van der Waals surface area contributed by atoms with Crippen molar-refractivity contribution in [2.45, 2.75) is 6.54 Å². The van der Waals surface area contributed by atoms with Crippen LogP contribution < -0.4 is 0 Å². The van der Waals surface area contributed by atoms with Gasteiger partial charge in [-0.05, 0) is 31.3 Å². The van der Waals surface area contributed by atoms with E-state index in [9.17, 15) is 14.3 Å². The lowest BCUT2D eigenvalue weighted by atomic mass is 10.1. The summed E-state index contributed by atoms with van der Waals surface area (Å²) in [6.45, 7) is 0.890. The smallest absolute Gasteiger partial charge is 0.336 e. The number of aromatic nitrogens is 1. The van der Waals surface area contributed by atoms with Crippen molar-refractivity contribution in [2.75, 3.05) is 20.2 Å². The van der Waals surface area contributed by atoms with Gasteiger partial charge in [0.2, 0.25) is 0 Å². The molecule has 1 heterocycles. The molecule has 0 aliphatic carbocycles. The van der Waals surface area contributed by atoms with Gasteiger partial charge in [-0.25, -0.2) is 9.18 Å². The third-order valence-corrected chi connectivity index (χ3v) is 2.97. The van der Waals surface area contributed by atoms with Crippen LogP contribution in [0.3, 0.4) is 0 Å². The summed E-state index contributed by atoms with van der Waals surface area (Å²) in [7, 11) is 1.80. The van der Waals surface area contributed by atoms with E-state index in [4.69, 9.17) is 5.11 Å². The van der Waals surface area contributed by atoms with Crippen LogP contribution in [0.5, 0.6) is 0 Å². The molecule has 5 nitrogen and oxygen atoms in total. The van der Waals surface area contributed by atoms with Crippen LogP contribution in [0.25, 0.3) is 10.9 Å². The molecule has 106 valence electrons. The van der Waals surface area contributed by atoms with Crippen LogP contribution in [0, 0.1) is 5.82 Å². The van der Waals surface area contributed by atoms with Crippen LogP contribution >= 0.6 is 0 Å². The lowest BCUT2D eigenvalue weighted by Gasteiger charge is -2.15. The minimum absolute atomic E-state index is 0.0150. The summed E-state index contributed by atoms with van der Waals surface area (Å²) in [6, 6.07) is 5.33. The molecular formula is C14H15FN2O3. The Hall–Kier alpha value is -2.05. The van der Waals surface area contributed by atoms with Crippen molar-refractivity contribution in [3.63, 3.8) is 0 Å². The molecule has 0 atom stereocenters. The Morgan fingerprint density at radius 2 is 2.15 bits per heavy atom. The van der Waals surface area contributed by atoms with Crippen LogP contribution in [0.4, 0.5) is 4.39 Å². The van der Waals surface area contributed by atoms with Gasteiger partial charge < -0.3 is 10.2 Å². The number of nitrogens with zero attached hydrogens (tertiary/aromatic N) is 2. The molecule has 0 aliphatic rings. The van der Waals surface area contributed by atoms with E-state index in [2.05, 4.69) is 4.98 Å². The largest absolute Gasteiger partial charge is 0.478 e. The predicted molar refractivity (Wildman–Crippen MR) is 72.1 cm³/mol. The number of aliphatic hydroxyl groups excluding tert-OH is 1. The number of pyridine rings is 1. The van der Waals surface area contributed by atoms with E-state index in [1.807, 2.05) is 4.90 Å². The van der Waals surface area contributed by atoms with Gasteiger partial charge in [-0.3, -0.25) is 9.88 Å². The number of benzene rings is 1. The Kier molecular flexibility index (Phi) is 4.26. The zero-order chi connectivity index (χ0) is 14.7. The van der Waals surface area contributed by atoms with E-state index in [-0.39, 0.29) is 17.6 Å². The third kappa shape index (κ3) is 3.09. The standard InChI is InChI=1S/C14H15FN2O3/c1-17(4-5-18)8-10-7-12(14(19)20)11-6-9(15)2-3-13(11)16-10/h2-3,6-7,18H,4-5,8H2,1H3,(H,19,20). The summed E-state index contributed by atoms with van der Waals surface area (Å²) < 4.78 is 13.2. The van der Waals surface area contributed by atoms with Crippen molar-refractivity contribution in [2.24, 2.45) is 0 Å². The van der Waals surface area contributed by atoms with E-state index in [1.165, 1.54) is 24.3 Å². The number of carboxylic acid groups (broad SMARTS) is 1. The van der Waals surface area contributed by atoms with Gasteiger partial charge in [-0.2, -0.15) is 0 Å². The molecule has 0 amide bonds. The van der Waals surface area contributed by atoms with Crippen LogP contribution in [-0.4, -0.2) is 46.3 Å². The fraction of sp³-hybridized carbons (Fsp3) is 0.286. The maximum Gasteiger partial charge on any atom is 0.336 e. The Balaban J connectivity index is 2.48. The second-order valence-corrected chi connectivity index (χ2v) is 4.59. The molecule has 1 aromatic carbocycles. The first-order valence-corrected chi connectivity index (χ1v) is 6.13. The molecule has 1 aromatic heterocycles. The predicted octanol–water partition coefficient (Wildman–Crippen LogP) is 1.50. The molecule has 20 heavy (non-hydrogen) atoms. The Morgan fingerprint density at radius 3 is 2.80 bits per heavy atom. The highest BCUT2D eigenvalue weighted by Gasteiger charge is 2.13. The fourth-order valence-corrected chi connectivity index (χ4v) is 2.04. The zero-order valence-corrected chi connectivity index (χ0v) is 11.0. The van der Waals surface area contributed by atoms with Gasteiger partial charge in [0.1, 0.15) is 5.82 Å². The van der Waals surface area contributed by atoms with Crippen molar-refractivity contribution in [1.29, 1.82) is 0 Å². The molecule has 0 fully saturated rings. The second-order valence-electron chi connectivity index (χ2n) is 4.59. The monoisotopic (exact) mass is 278 g/mol. The first kappa shape index (κ1) is 14.4. The fourth-order valence-electron chi connectivity index (χ4n) is 2.04. The van der Waals surface area contributed by atoms with Crippen molar-refractivity contribution in [3.05, 3.63) is 41.3 Å². The van der Waals surface area contributed by atoms with Crippen LogP contribution in [0.1, 0.15) is 16.1 Å². The number of carbonyl (C=O) groups is 1.